The van der Waals surface area contributed by atoms with Gasteiger partial charge in [-0.05, 0) is 24.8 Å². The van der Waals surface area contributed by atoms with Gasteiger partial charge in [0.25, 0.3) is 11.5 Å². The lowest BCUT2D eigenvalue weighted by Crippen LogP contribution is -2.44. The van der Waals surface area contributed by atoms with Crippen LogP contribution >= 0.6 is 0 Å². The first-order valence-electron chi connectivity index (χ1n) is 7.25. The topological polar surface area (TPSA) is 105 Å². The minimum Gasteiger partial charge on any atom is -0.348 e. The molecule has 1 aliphatic heterocycles. The van der Waals surface area contributed by atoms with Crippen LogP contribution in [-0.4, -0.2) is 33.3 Å². The molecule has 0 spiro atoms. The molecule has 0 radical (unpaired) electrons. The van der Waals surface area contributed by atoms with Crippen LogP contribution in [0.3, 0.4) is 0 Å². The SMILES string of the molecule is Cn1nc2c(cc1=O)CC(NC(=O)C1=NNC(=O)CC1)CC2. The first-order chi connectivity index (χ1) is 10.5. The summed E-state index contributed by atoms with van der Waals surface area (Å²) < 4.78 is 1.33. The number of hydrogen-bond acceptors (Lipinski definition) is 5. The molecule has 1 unspecified atom stereocenters. The molecular formula is C14H17N5O3. The van der Waals surface area contributed by atoms with E-state index in [4.69, 9.17) is 0 Å². The summed E-state index contributed by atoms with van der Waals surface area (Å²) in [5.74, 6) is -0.435. The lowest BCUT2D eigenvalue weighted by atomic mass is 9.92. The highest BCUT2D eigenvalue weighted by Crippen LogP contribution is 2.18. The van der Waals surface area contributed by atoms with E-state index in [2.05, 4.69) is 20.9 Å². The molecule has 2 amide bonds. The second-order valence-electron chi connectivity index (χ2n) is 5.58. The van der Waals surface area contributed by atoms with Crippen molar-refractivity contribution in [1.29, 1.82) is 0 Å². The molecular weight excluding hydrogens is 286 g/mol. The number of carbonyl (C=O) groups is 2. The predicted octanol–water partition coefficient (Wildman–Crippen LogP) is -0.980. The van der Waals surface area contributed by atoms with Crippen LogP contribution in [0.2, 0.25) is 0 Å². The fourth-order valence-corrected chi connectivity index (χ4v) is 2.72. The summed E-state index contributed by atoms with van der Waals surface area (Å²) in [6, 6.07) is 1.54. The highest BCUT2D eigenvalue weighted by atomic mass is 16.2. The first-order valence-corrected chi connectivity index (χ1v) is 7.25. The molecule has 1 aromatic heterocycles. The monoisotopic (exact) mass is 303 g/mol. The fourth-order valence-electron chi connectivity index (χ4n) is 2.72. The van der Waals surface area contributed by atoms with Crippen molar-refractivity contribution in [3.05, 3.63) is 27.7 Å². The molecule has 0 aromatic carbocycles. The summed E-state index contributed by atoms with van der Waals surface area (Å²) in [4.78, 5) is 34.8. The van der Waals surface area contributed by atoms with E-state index in [1.165, 1.54) is 4.68 Å². The zero-order valence-corrected chi connectivity index (χ0v) is 12.3. The number of rotatable bonds is 2. The third kappa shape index (κ3) is 2.90. The Hall–Kier alpha value is -2.51. The Morgan fingerprint density at radius 2 is 2.18 bits per heavy atom. The molecule has 22 heavy (non-hydrogen) atoms. The summed E-state index contributed by atoms with van der Waals surface area (Å²) in [6.45, 7) is 0. The van der Waals surface area contributed by atoms with Gasteiger partial charge in [0, 0.05) is 32.0 Å². The molecule has 2 N–H and O–H groups in total. The van der Waals surface area contributed by atoms with Crippen molar-refractivity contribution in [2.75, 3.05) is 0 Å². The largest absolute Gasteiger partial charge is 0.348 e. The number of hydrogen-bond donors (Lipinski definition) is 2. The van der Waals surface area contributed by atoms with Crippen molar-refractivity contribution >= 4 is 17.5 Å². The number of carbonyl (C=O) groups excluding carboxylic acids is 2. The number of nitrogens with zero attached hydrogens (tertiary/aromatic N) is 3. The molecule has 2 heterocycles. The van der Waals surface area contributed by atoms with Gasteiger partial charge in [-0.1, -0.05) is 0 Å². The Labute approximate surface area is 126 Å². The van der Waals surface area contributed by atoms with Crippen LogP contribution in [0.4, 0.5) is 0 Å². The van der Waals surface area contributed by atoms with Crippen LogP contribution < -0.4 is 16.3 Å². The number of nitrogens with one attached hydrogen (secondary N) is 2. The van der Waals surface area contributed by atoms with Gasteiger partial charge >= 0.3 is 0 Å². The molecule has 1 aromatic rings. The molecule has 8 nitrogen and oxygen atoms in total. The van der Waals surface area contributed by atoms with Crippen LogP contribution in [-0.2, 0) is 29.5 Å². The normalized spacial score (nSPS) is 20.7. The zero-order chi connectivity index (χ0) is 15.7. The van der Waals surface area contributed by atoms with E-state index in [9.17, 15) is 14.4 Å². The van der Waals surface area contributed by atoms with E-state index in [1.807, 2.05) is 0 Å². The lowest BCUT2D eigenvalue weighted by Gasteiger charge is -2.25. The highest BCUT2D eigenvalue weighted by Gasteiger charge is 2.25. The number of hydrazone groups is 1. The van der Waals surface area contributed by atoms with Gasteiger partial charge in [-0.25, -0.2) is 10.1 Å². The summed E-state index contributed by atoms with van der Waals surface area (Å²) in [7, 11) is 1.63. The van der Waals surface area contributed by atoms with Gasteiger partial charge in [0.2, 0.25) is 5.91 Å². The standard InChI is InChI=1S/C14H17N5O3/c1-19-13(21)7-8-6-9(2-3-10(8)18-19)15-14(22)11-4-5-12(20)17-16-11/h7,9H,2-6H2,1H3,(H,15,22)(H,17,20). The summed E-state index contributed by atoms with van der Waals surface area (Å²) >= 11 is 0. The van der Waals surface area contributed by atoms with Crippen molar-refractivity contribution in [3.63, 3.8) is 0 Å². The van der Waals surface area contributed by atoms with Gasteiger partial charge in [-0.3, -0.25) is 14.4 Å². The van der Waals surface area contributed by atoms with Crippen LogP contribution in [0.15, 0.2) is 16.0 Å². The van der Waals surface area contributed by atoms with Crippen molar-refractivity contribution in [3.8, 4) is 0 Å². The van der Waals surface area contributed by atoms with E-state index < -0.39 is 0 Å². The molecule has 1 atom stereocenters. The number of fused-ring (bicyclic) bond motifs is 1. The molecule has 1 aliphatic carbocycles. The van der Waals surface area contributed by atoms with Crippen LogP contribution in [0.5, 0.6) is 0 Å². The van der Waals surface area contributed by atoms with Crippen molar-refractivity contribution in [2.24, 2.45) is 12.1 Å². The minimum absolute atomic E-state index is 0.0470. The highest BCUT2D eigenvalue weighted by molar-refractivity contribution is 6.39. The molecule has 116 valence electrons. The van der Waals surface area contributed by atoms with Crippen LogP contribution in [0.25, 0.3) is 0 Å². The smallest absolute Gasteiger partial charge is 0.267 e. The van der Waals surface area contributed by atoms with Gasteiger partial charge in [0.1, 0.15) is 5.71 Å². The third-order valence-corrected chi connectivity index (χ3v) is 3.96. The Kier molecular flexibility index (Phi) is 3.74. The Bertz CT molecular complexity index is 722. The minimum atomic E-state index is -0.259. The van der Waals surface area contributed by atoms with Crippen molar-refractivity contribution < 1.29 is 9.59 Å². The van der Waals surface area contributed by atoms with Gasteiger partial charge < -0.3 is 5.32 Å². The Balaban J connectivity index is 1.67. The average Bonchev–Trinajstić information content (AvgIpc) is 2.49. The molecule has 0 saturated heterocycles. The van der Waals surface area contributed by atoms with Crippen LogP contribution in [0, 0.1) is 0 Å². The number of aryl methyl sites for hydroxylation is 2. The summed E-state index contributed by atoms with van der Waals surface area (Å²) in [5, 5.41) is 11.0. The maximum absolute atomic E-state index is 12.1. The number of amides is 2. The molecule has 2 aliphatic rings. The maximum Gasteiger partial charge on any atom is 0.267 e. The maximum atomic E-state index is 12.1. The quantitative estimate of drug-likeness (QED) is 0.732. The van der Waals surface area contributed by atoms with Crippen molar-refractivity contribution in [1.82, 2.24) is 20.5 Å². The van der Waals surface area contributed by atoms with E-state index in [0.29, 0.717) is 18.6 Å². The average molecular weight is 303 g/mol. The molecule has 8 heteroatoms. The molecule has 0 bridgehead atoms. The molecule has 0 fully saturated rings. The van der Waals surface area contributed by atoms with Gasteiger partial charge in [0.05, 0.1) is 5.69 Å². The van der Waals surface area contributed by atoms with E-state index >= 15 is 0 Å². The summed E-state index contributed by atoms with van der Waals surface area (Å²) in [6.07, 6.45) is 2.70. The van der Waals surface area contributed by atoms with Crippen molar-refractivity contribution in [2.45, 2.75) is 38.1 Å². The molecule has 3 rings (SSSR count). The van der Waals surface area contributed by atoms with Crippen LogP contribution in [0.1, 0.15) is 30.5 Å². The predicted molar refractivity (Wildman–Crippen MR) is 78.2 cm³/mol. The second-order valence-corrected chi connectivity index (χ2v) is 5.58. The Morgan fingerprint density at radius 1 is 1.36 bits per heavy atom. The van der Waals surface area contributed by atoms with Gasteiger partial charge in [-0.2, -0.15) is 10.2 Å². The van der Waals surface area contributed by atoms with Gasteiger partial charge in [-0.15, -0.1) is 0 Å². The summed E-state index contributed by atoms with van der Waals surface area (Å²) in [5.41, 5.74) is 4.31. The first kappa shape index (κ1) is 14.4. The third-order valence-electron chi connectivity index (χ3n) is 3.96. The zero-order valence-electron chi connectivity index (χ0n) is 12.3. The van der Waals surface area contributed by atoms with E-state index in [1.54, 1.807) is 13.1 Å². The molecule has 0 saturated carbocycles. The van der Waals surface area contributed by atoms with E-state index in [-0.39, 0.29) is 29.8 Å². The fraction of sp³-hybridized carbons (Fsp3) is 0.500. The second kappa shape index (κ2) is 5.70. The number of aromatic nitrogens is 2. The van der Waals surface area contributed by atoms with E-state index in [0.717, 1.165) is 24.1 Å². The lowest BCUT2D eigenvalue weighted by molar-refractivity contribution is -0.121. The van der Waals surface area contributed by atoms with Gasteiger partial charge in [0.15, 0.2) is 0 Å². The Morgan fingerprint density at radius 3 is 2.91 bits per heavy atom.